The molecule has 0 bridgehead atoms. The summed E-state index contributed by atoms with van der Waals surface area (Å²) in [5.41, 5.74) is 1.28. The molecular formula is C41H57N7O10. The number of piperazine rings is 1. The van der Waals surface area contributed by atoms with Crippen LogP contribution in [0.4, 0.5) is 4.79 Å². The molecule has 5 amide bonds. The number of esters is 1. The van der Waals surface area contributed by atoms with Gasteiger partial charge in [-0.3, -0.25) is 28.9 Å². The first-order chi connectivity index (χ1) is 28.0. The molecule has 1 aliphatic carbocycles. The van der Waals surface area contributed by atoms with Gasteiger partial charge in [-0.15, -0.1) is 0 Å². The van der Waals surface area contributed by atoms with Gasteiger partial charge in [-0.1, -0.05) is 6.07 Å². The predicted molar refractivity (Wildman–Crippen MR) is 211 cm³/mol. The normalized spacial score (nSPS) is 19.8. The lowest BCUT2D eigenvalue weighted by Crippen LogP contribution is -2.56. The van der Waals surface area contributed by atoms with Crippen LogP contribution in [-0.2, 0) is 33.4 Å². The second-order valence-corrected chi connectivity index (χ2v) is 15.5. The second kappa shape index (κ2) is 20.1. The van der Waals surface area contributed by atoms with Gasteiger partial charge >= 0.3 is 12.1 Å². The van der Waals surface area contributed by atoms with Gasteiger partial charge in [0, 0.05) is 76.3 Å². The minimum Gasteiger partial charge on any atom is -0.483 e. The molecule has 58 heavy (non-hydrogen) atoms. The average molecular weight is 808 g/mol. The Bertz CT molecular complexity index is 1810. The molecule has 0 spiro atoms. The monoisotopic (exact) mass is 807 g/mol. The fourth-order valence-corrected chi connectivity index (χ4v) is 7.72. The average Bonchev–Trinajstić information content (AvgIpc) is 3.70. The molecule has 2 aromatic rings. The number of likely N-dealkylation sites (tertiary alicyclic amines) is 1. The van der Waals surface area contributed by atoms with Crippen LogP contribution in [0.1, 0.15) is 74.8 Å². The number of benzene rings is 1. The van der Waals surface area contributed by atoms with E-state index in [-0.39, 0.29) is 87.6 Å². The zero-order chi connectivity index (χ0) is 41.2. The smallest absolute Gasteiger partial charge is 0.409 e. The SMILES string of the molecule is CCOC(=O)N1CCN(C(=O)C(CCC(=O)OC(C)CN2CCOCC2)NC(=O)c2cc(OCC(=O)N3CCCC3C(=O)NC3CCC3)c3ccc(C)cc3n2)CC1. The molecule has 3 unspecified atom stereocenters. The molecule has 0 radical (unpaired) electrons. The maximum atomic E-state index is 14.0. The number of rotatable bonds is 15. The van der Waals surface area contributed by atoms with Crippen molar-refractivity contribution in [3.05, 3.63) is 35.5 Å². The van der Waals surface area contributed by atoms with Gasteiger partial charge in [0.05, 0.1) is 25.3 Å². The van der Waals surface area contributed by atoms with Gasteiger partial charge in [-0.2, -0.15) is 0 Å². The van der Waals surface area contributed by atoms with Crippen LogP contribution in [0.15, 0.2) is 24.3 Å². The lowest BCUT2D eigenvalue weighted by Gasteiger charge is -2.36. The number of carbonyl (C=O) groups is 6. The number of ether oxygens (including phenoxy) is 4. The lowest BCUT2D eigenvalue weighted by atomic mass is 9.93. The molecule has 4 heterocycles. The van der Waals surface area contributed by atoms with Crippen LogP contribution in [0.3, 0.4) is 0 Å². The standard InChI is InChI=1S/C41H57N7O10/c1-4-56-41(54)47-17-15-46(16-18-47)40(53)31(12-13-37(50)58-28(3)25-45-19-21-55-22-20-45)44-38(51)33-24-35(30-11-10-27(2)23-32(30)43-33)57-26-36(49)48-14-6-9-34(48)39(52)42-29-7-5-8-29/h10-11,23-24,28-29,31,34H,4-9,12-22,25-26H2,1-3H3,(H,42,52)(H,44,51). The van der Waals surface area contributed by atoms with Crippen molar-refractivity contribution in [3.8, 4) is 5.75 Å². The topological polar surface area (TPSA) is 189 Å². The number of hydrogen-bond donors (Lipinski definition) is 2. The molecule has 6 rings (SSSR count). The number of nitrogens with zero attached hydrogens (tertiary/aromatic N) is 5. The Morgan fingerprint density at radius 1 is 0.931 bits per heavy atom. The van der Waals surface area contributed by atoms with E-state index in [1.54, 1.807) is 28.9 Å². The van der Waals surface area contributed by atoms with Crippen molar-refractivity contribution >= 4 is 46.6 Å². The van der Waals surface area contributed by atoms with Crippen LogP contribution in [0.2, 0.25) is 0 Å². The Balaban J connectivity index is 1.15. The highest BCUT2D eigenvalue weighted by Gasteiger charge is 2.36. The van der Waals surface area contributed by atoms with E-state index in [2.05, 4.69) is 20.5 Å². The summed E-state index contributed by atoms with van der Waals surface area (Å²) in [5.74, 6) is -1.82. The molecule has 2 N–H and O–H groups in total. The second-order valence-electron chi connectivity index (χ2n) is 15.5. The molecule has 4 aliphatic rings. The lowest BCUT2D eigenvalue weighted by molar-refractivity contribution is -0.150. The molecular weight excluding hydrogens is 750 g/mol. The van der Waals surface area contributed by atoms with Crippen LogP contribution in [0.5, 0.6) is 5.75 Å². The number of aryl methyl sites for hydroxylation is 1. The largest absolute Gasteiger partial charge is 0.483 e. The molecule has 1 aromatic heterocycles. The third-order valence-electron chi connectivity index (χ3n) is 11.1. The number of morpholine rings is 1. The van der Waals surface area contributed by atoms with Crippen LogP contribution in [0, 0.1) is 6.92 Å². The highest BCUT2D eigenvalue weighted by Crippen LogP contribution is 2.28. The summed E-state index contributed by atoms with van der Waals surface area (Å²) in [6, 6.07) is 5.39. The van der Waals surface area contributed by atoms with E-state index in [1.165, 1.54) is 11.0 Å². The van der Waals surface area contributed by atoms with Crippen LogP contribution < -0.4 is 15.4 Å². The number of amides is 5. The third-order valence-corrected chi connectivity index (χ3v) is 11.1. The van der Waals surface area contributed by atoms with Gasteiger partial charge in [0.1, 0.15) is 29.6 Å². The molecule has 4 fully saturated rings. The van der Waals surface area contributed by atoms with Crippen molar-refractivity contribution in [1.29, 1.82) is 0 Å². The molecule has 3 saturated heterocycles. The van der Waals surface area contributed by atoms with E-state index in [9.17, 15) is 28.8 Å². The molecule has 17 heteroatoms. The van der Waals surface area contributed by atoms with Crippen LogP contribution in [0.25, 0.3) is 10.9 Å². The van der Waals surface area contributed by atoms with Crippen molar-refractivity contribution < 1.29 is 47.7 Å². The minimum absolute atomic E-state index is 0.0400. The van der Waals surface area contributed by atoms with Gasteiger partial charge in [0.15, 0.2) is 6.61 Å². The first-order valence-corrected chi connectivity index (χ1v) is 20.6. The summed E-state index contributed by atoms with van der Waals surface area (Å²) in [6.45, 7) is 9.97. The first kappa shape index (κ1) is 42.6. The van der Waals surface area contributed by atoms with Crippen LogP contribution >= 0.6 is 0 Å². The Hall–Kier alpha value is -5.03. The van der Waals surface area contributed by atoms with Crippen molar-refractivity contribution in [3.63, 3.8) is 0 Å². The van der Waals surface area contributed by atoms with Gasteiger partial charge in [-0.25, -0.2) is 9.78 Å². The van der Waals surface area contributed by atoms with E-state index in [0.717, 1.165) is 37.9 Å². The fraction of sp³-hybridized carbons (Fsp3) is 0.634. The van der Waals surface area contributed by atoms with Crippen molar-refractivity contribution in [1.82, 2.24) is 35.2 Å². The number of fused-ring (bicyclic) bond motifs is 1. The summed E-state index contributed by atoms with van der Waals surface area (Å²) < 4.78 is 22.3. The van der Waals surface area contributed by atoms with E-state index >= 15 is 0 Å². The summed E-state index contributed by atoms with van der Waals surface area (Å²) in [7, 11) is 0. The summed E-state index contributed by atoms with van der Waals surface area (Å²) in [6.07, 6.45) is 3.26. The molecule has 3 atom stereocenters. The first-order valence-electron chi connectivity index (χ1n) is 20.6. The van der Waals surface area contributed by atoms with Gasteiger partial charge < -0.3 is 44.3 Å². The maximum Gasteiger partial charge on any atom is 0.409 e. The van der Waals surface area contributed by atoms with Gasteiger partial charge in [0.2, 0.25) is 11.8 Å². The highest BCUT2D eigenvalue weighted by molar-refractivity contribution is 5.99. The molecule has 1 aromatic carbocycles. The highest BCUT2D eigenvalue weighted by atomic mass is 16.6. The van der Waals surface area contributed by atoms with Gasteiger partial charge in [-0.05, 0) is 77.0 Å². The zero-order valence-electron chi connectivity index (χ0n) is 33.9. The summed E-state index contributed by atoms with van der Waals surface area (Å²) in [5, 5.41) is 6.45. The quantitative estimate of drug-likeness (QED) is 0.250. The Labute approximate surface area is 339 Å². The third kappa shape index (κ3) is 11.1. The zero-order valence-corrected chi connectivity index (χ0v) is 33.9. The fourth-order valence-electron chi connectivity index (χ4n) is 7.72. The number of carbonyl (C=O) groups excluding carboxylic acids is 6. The van der Waals surface area contributed by atoms with Crippen LogP contribution in [-0.4, -0.2) is 163 Å². The number of pyridine rings is 1. The Kier molecular flexibility index (Phi) is 14.7. The molecule has 17 nitrogen and oxygen atoms in total. The molecule has 316 valence electrons. The van der Waals surface area contributed by atoms with Crippen molar-refractivity contribution in [2.45, 2.75) is 89.9 Å². The van der Waals surface area contributed by atoms with Crippen molar-refractivity contribution in [2.75, 3.05) is 78.8 Å². The Morgan fingerprint density at radius 3 is 2.38 bits per heavy atom. The minimum atomic E-state index is -1.12. The number of nitrogens with one attached hydrogen (secondary N) is 2. The summed E-state index contributed by atoms with van der Waals surface area (Å²) >= 11 is 0. The molecule has 3 aliphatic heterocycles. The molecule has 1 saturated carbocycles. The summed E-state index contributed by atoms with van der Waals surface area (Å²) in [4.78, 5) is 91.3. The van der Waals surface area contributed by atoms with E-state index in [0.29, 0.717) is 50.0 Å². The van der Waals surface area contributed by atoms with E-state index in [4.69, 9.17) is 18.9 Å². The maximum absolute atomic E-state index is 14.0. The number of aromatic nitrogens is 1. The van der Waals surface area contributed by atoms with Crippen molar-refractivity contribution in [2.24, 2.45) is 0 Å². The van der Waals surface area contributed by atoms with Gasteiger partial charge in [0.25, 0.3) is 11.8 Å². The Morgan fingerprint density at radius 2 is 1.67 bits per heavy atom. The predicted octanol–water partition coefficient (Wildman–Crippen LogP) is 2.02. The van der Waals surface area contributed by atoms with E-state index < -0.39 is 36.0 Å². The number of hydrogen-bond acceptors (Lipinski definition) is 12. The van der Waals surface area contributed by atoms with E-state index in [1.807, 2.05) is 19.9 Å².